The number of barbiturate groups is 1. The van der Waals surface area contributed by atoms with E-state index in [1.807, 2.05) is 0 Å². The first kappa shape index (κ1) is 27.2. The van der Waals surface area contributed by atoms with Gasteiger partial charge < -0.3 is 19.5 Å². The van der Waals surface area contributed by atoms with E-state index in [0.717, 1.165) is 4.90 Å². The van der Waals surface area contributed by atoms with Crippen molar-refractivity contribution in [1.82, 2.24) is 5.32 Å². The van der Waals surface area contributed by atoms with E-state index in [1.54, 1.807) is 68.6 Å². The van der Waals surface area contributed by atoms with Crippen LogP contribution >= 0.6 is 11.6 Å². The summed E-state index contributed by atoms with van der Waals surface area (Å²) in [6.07, 6.45) is 1.34. The summed E-state index contributed by atoms with van der Waals surface area (Å²) in [5, 5.41) is 5.21. The molecule has 0 spiro atoms. The van der Waals surface area contributed by atoms with Crippen LogP contribution in [0.2, 0.25) is 5.02 Å². The fourth-order valence-corrected chi connectivity index (χ4v) is 3.88. The van der Waals surface area contributed by atoms with Gasteiger partial charge in [-0.15, -0.1) is 0 Å². The molecule has 1 aliphatic heterocycles. The second-order valence-electron chi connectivity index (χ2n) is 8.14. The lowest BCUT2D eigenvalue weighted by Gasteiger charge is -2.26. The van der Waals surface area contributed by atoms with Gasteiger partial charge in [-0.05, 0) is 73.2 Å². The Bertz CT molecular complexity index is 1450. The molecule has 0 radical (unpaired) electrons. The fraction of sp³-hybridized carbons (Fsp3) is 0.143. The first-order valence-corrected chi connectivity index (χ1v) is 12.2. The number of anilines is 2. The number of amides is 5. The van der Waals surface area contributed by atoms with E-state index in [4.69, 9.17) is 25.8 Å². The third kappa shape index (κ3) is 6.55. The van der Waals surface area contributed by atoms with Crippen molar-refractivity contribution in [2.45, 2.75) is 6.92 Å². The molecule has 200 valence electrons. The summed E-state index contributed by atoms with van der Waals surface area (Å²) in [5.74, 6) is -0.772. The summed E-state index contributed by atoms with van der Waals surface area (Å²) in [6.45, 7) is 1.78. The maximum atomic E-state index is 13.1. The molecule has 0 aliphatic carbocycles. The Kier molecular flexibility index (Phi) is 8.47. The first-order valence-electron chi connectivity index (χ1n) is 11.8. The smallest absolute Gasteiger partial charge is 0.335 e. The number of methoxy groups -OCH3 is 1. The summed E-state index contributed by atoms with van der Waals surface area (Å²) >= 11 is 6.01. The number of hydrogen-bond acceptors (Lipinski definition) is 7. The lowest BCUT2D eigenvalue weighted by Crippen LogP contribution is -2.54. The van der Waals surface area contributed by atoms with Crippen molar-refractivity contribution in [3.8, 4) is 17.2 Å². The van der Waals surface area contributed by atoms with Crippen LogP contribution in [0.1, 0.15) is 12.5 Å². The average Bonchev–Trinajstić information content (AvgIpc) is 2.91. The third-order valence-electron chi connectivity index (χ3n) is 5.48. The van der Waals surface area contributed by atoms with E-state index < -0.39 is 17.8 Å². The van der Waals surface area contributed by atoms with Gasteiger partial charge in [0.25, 0.3) is 17.7 Å². The Labute approximate surface area is 229 Å². The standard InChI is InChI=1S/C28H24ClN3O7/c1-3-38-24-14-17(7-12-23(24)39-16-25(33)30-19-8-10-21(37-2)11-9-19)13-22-26(34)31-28(36)32(27(22)35)20-6-4-5-18(29)15-20/h4-15H,3,16H2,1-2H3,(H,30,33)(H,31,34,36)/b22-13+. The van der Waals surface area contributed by atoms with Crippen molar-refractivity contribution >= 4 is 52.8 Å². The molecule has 2 N–H and O–H groups in total. The number of ether oxygens (including phenoxy) is 3. The van der Waals surface area contributed by atoms with Gasteiger partial charge >= 0.3 is 6.03 Å². The number of benzene rings is 3. The molecule has 1 aliphatic rings. The van der Waals surface area contributed by atoms with Gasteiger partial charge in [0.2, 0.25) is 0 Å². The van der Waals surface area contributed by atoms with Crippen LogP contribution in [-0.2, 0) is 14.4 Å². The Balaban J connectivity index is 1.51. The van der Waals surface area contributed by atoms with Crippen molar-refractivity contribution in [2.75, 3.05) is 30.5 Å². The van der Waals surface area contributed by atoms with Gasteiger partial charge in [-0.25, -0.2) is 9.69 Å². The van der Waals surface area contributed by atoms with Gasteiger partial charge in [0.05, 0.1) is 19.4 Å². The lowest BCUT2D eigenvalue weighted by molar-refractivity contribution is -0.122. The quantitative estimate of drug-likeness (QED) is 0.299. The number of nitrogens with one attached hydrogen (secondary N) is 2. The van der Waals surface area contributed by atoms with Crippen LogP contribution in [0.5, 0.6) is 17.2 Å². The molecule has 3 aromatic carbocycles. The van der Waals surface area contributed by atoms with Crippen LogP contribution in [-0.4, -0.2) is 44.1 Å². The van der Waals surface area contributed by atoms with Crippen molar-refractivity contribution in [1.29, 1.82) is 0 Å². The maximum Gasteiger partial charge on any atom is 0.335 e. The van der Waals surface area contributed by atoms with Crippen molar-refractivity contribution in [3.05, 3.63) is 82.9 Å². The molecule has 4 rings (SSSR count). The van der Waals surface area contributed by atoms with Crippen LogP contribution in [0.15, 0.2) is 72.3 Å². The minimum atomic E-state index is -0.879. The van der Waals surface area contributed by atoms with Gasteiger partial charge in [0.1, 0.15) is 11.3 Å². The SMILES string of the molecule is CCOc1cc(/C=C2\C(=O)NC(=O)N(c3cccc(Cl)c3)C2=O)ccc1OCC(=O)Nc1ccc(OC)cc1. The number of carbonyl (C=O) groups is 4. The molecule has 1 saturated heterocycles. The molecule has 11 heteroatoms. The Morgan fingerprint density at radius 2 is 1.77 bits per heavy atom. The summed E-state index contributed by atoms with van der Waals surface area (Å²) in [4.78, 5) is 51.3. The number of hydrogen-bond donors (Lipinski definition) is 2. The number of carbonyl (C=O) groups excluding carboxylic acids is 4. The largest absolute Gasteiger partial charge is 0.497 e. The second-order valence-corrected chi connectivity index (χ2v) is 8.58. The van der Waals surface area contributed by atoms with Crippen LogP contribution in [0.25, 0.3) is 6.08 Å². The maximum absolute atomic E-state index is 13.1. The fourth-order valence-electron chi connectivity index (χ4n) is 3.69. The summed E-state index contributed by atoms with van der Waals surface area (Å²) in [7, 11) is 1.55. The number of imide groups is 2. The van der Waals surface area contributed by atoms with Gasteiger partial charge in [-0.2, -0.15) is 0 Å². The molecule has 0 unspecified atom stereocenters. The number of nitrogens with zero attached hydrogens (tertiary/aromatic N) is 1. The van der Waals surface area contributed by atoms with Gasteiger partial charge in [-0.3, -0.25) is 19.7 Å². The molecular formula is C28H24ClN3O7. The normalized spacial score (nSPS) is 14.2. The minimum Gasteiger partial charge on any atom is -0.497 e. The van der Waals surface area contributed by atoms with E-state index >= 15 is 0 Å². The number of halogens is 1. The monoisotopic (exact) mass is 549 g/mol. The number of urea groups is 1. The van der Waals surface area contributed by atoms with E-state index in [9.17, 15) is 19.2 Å². The Hall–Kier alpha value is -4.83. The molecule has 39 heavy (non-hydrogen) atoms. The Morgan fingerprint density at radius 1 is 1.00 bits per heavy atom. The van der Waals surface area contributed by atoms with Gasteiger partial charge in [-0.1, -0.05) is 23.7 Å². The predicted molar refractivity (Wildman–Crippen MR) is 145 cm³/mol. The zero-order chi connectivity index (χ0) is 27.9. The van der Waals surface area contributed by atoms with Crippen LogP contribution < -0.4 is 29.7 Å². The second kappa shape index (κ2) is 12.1. The van der Waals surface area contributed by atoms with Crippen molar-refractivity contribution < 1.29 is 33.4 Å². The average molecular weight is 550 g/mol. The lowest BCUT2D eigenvalue weighted by atomic mass is 10.1. The molecule has 0 aromatic heterocycles. The molecule has 1 heterocycles. The molecule has 10 nitrogen and oxygen atoms in total. The summed E-state index contributed by atoms with van der Waals surface area (Å²) in [5.41, 5.74) is 0.976. The van der Waals surface area contributed by atoms with E-state index in [0.29, 0.717) is 40.1 Å². The molecule has 0 atom stereocenters. The zero-order valence-corrected chi connectivity index (χ0v) is 21.8. The molecule has 0 bridgehead atoms. The molecule has 5 amide bonds. The zero-order valence-electron chi connectivity index (χ0n) is 21.0. The molecule has 3 aromatic rings. The van der Waals surface area contributed by atoms with Crippen LogP contribution in [0, 0.1) is 0 Å². The predicted octanol–water partition coefficient (Wildman–Crippen LogP) is 4.43. The van der Waals surface area contributed by atoms with Crippen LogP contribution in [0.4, 0.5) is 16.2 Å². The van der Waals surface area contributed by atoms with E-state index in [2.05, 4.69) is 10.6 Å². The van der Waals surface area contributed by atoms with E-state index in [-0.39, 0.29) is 23.8 Å². The number of rotatable bonds is 9. The summed E-state index contributed by atoms with van der Waals surface area (Å²) in [6, 6.07) is 16.8. The highest BCUT2D eigenvalue weighted by Gasteiger charge is 2.36. The Morgan fingerprint density at radius 3 is 2.46 bits per heavy atom. The highest BCUT2D eigenvalue weighted by atomic mass is 35.5. The van der Waals surface area contributed by atoms with Crippen molar-refractivity contribution in [3.63, 3.8) is 0 Å². The third-order valence-corrected chi connectivity index (χ3v) is 5.71. The molecule has 1 fully saturated rings. The first-order chi connectivity index (χ1) is 18.8. The van der Waals surface area contributed by atoms with Gasteiger partial charge in [0, 0.05) is 10.7 Å². The molecular weight excluding hydrogens is 526 g/mol. The minimum absolute atomic E-state index is 0.218. The highest BCUT2D eigenvalue weighted by molar-refractivity contribution is 6.39. The van der Waals surface area contributed by atoms with Crippen LogP contribution in [0.3, 0.4) is 0 Å². The highest BCUT2D eigenvalue weighted by Crippen LogP contribution is 2.31. The van der Waals surface area contributed by atoms with E-state index in [1.165, 1.54) is 18.2 Å². The molecule has 0 saturated carbocycles. The van der Waals surface area contributed by atoms with Gasteiger partial charge in [0.15, 0.2) is 18.1 Å². The van der Waals surface area contributed by atoms with Crippen molar-refractivity contribution in [2.24, 2.45) is 0 Å². The summed E-state index contributed by atoms with van der Waals surface area (Å²) < 4.78 is 16.4. The topological polar surface area (TPSA) is 123 Å².